The van der Waals surface area contributed by atoms with Gasteiger partial charge in [0.05, 0.1) is 17.5 Å². The first kappa shape index (κ1) is 15.0. The number of rotatable bonds is 2. The van der Waals surface area contributed by atoms with E-state index < -0.39 is 16.1 Å². The maximum absolute atomic E-state index is 12.6. The predicted molar refractivity (Wildman–Crippen MR) is 76.5 cm³/mol. The summed E-state index contributed by atoms with van der Waals surface area (Å²) in [5.74, 6) is 5.50. The van der Waals surface area contributed by atoms with Crippen molar-refractivity contribution in [1.29, 1.82) is 0 Å². The molecule has 1 unspecified atom stereocenters. The van der Waals surface area contributed by atoms with Crippen molar-refractivity contribution in [3.63, 3.8) is 0 Å². The van der Waals surface area contributed by atoms with Gasteiger partial charge in [0.2, 0.25) is 10.0 Å². The number of aliphatic hydroxyl groups is 1. The van der Waals surface area contributed by atoms with Crippen molar-refractivity contribution in [3.8, 4) is 11.8 Å². The number of nitrogens with two attached hydrogens (primary N) is 1. The molecule has 1 saturated heterocycles. The van der Waals surface area contributed by atoms with Crippen LogP contribution >= 0.6 is 0 Å². The highest BCUT2D eigenvalue weighted by atomic mass is 32.2. The first-order valence-corrected chi connectivity index (χ1v) is 7.87. The zero-order valence-electron chi connectivity index (χ0n) is 11.3. The standard InChI is InChI=1S/C14H18N2O3S/c1-11-4-5-14(12(9-11)3-2-7-15)20(18,19)16-8-6-13(17)10-16/h4-5,9,13,17H,6-8,10,15H2,1H3. The van der Waals surface area contributed by atoms with Crippen LogP contribution in [-0.2, 0) is 10.0 Å². The van der Waals surface area contributed by atoms with Crippen LogP contribution in [0.25, 0.3) is 0 Å². The van der Waals surface area contributed by atoms with Gasteiger partial charge in [-0.05, 0) is 31.0 Å². The molecule has 20 heavy (non-hydrogen) atoms. The molecule has 1 aromatic rings. The Morgan fingerprint density at radius 3 is 2.85 bits per heavy atom. The van der Waals surface area contributed by atoms with Crippen LogP contribution < -0.4 is 5.73 Å². The molecule has 1 heterocycles. The smallest absolute Gasteiger partial charge is 0.244 e. The Bertz CT molecular complexity index is 659. The van der Waals surface area contributed by atoms with Gasteiger partial charge in [-0.15, -0.1) is 0 Å². The number of hydrogen-bond acceptors (Lipinski definition) is 4. The van der Waals surface area contributed by atoms with Gasteiger partial charge < -0.3 is 10.8 Å². The van der Waals surface area contributed by atoms with E-state index in [1.54, 1.807) is 18.2 Å². The maximum atomic E-state index is 12.6. The van der Waals surface area contributed by atoms with Crippen molar-refractivity contribution in [2.75, 3.05) is 19.6 Å². The summed E-state index contributed by atoms with van der Waals surface area (Å²) in [5.41, 5.74) is 6.74. The van der Waals surface area contributed by atoms with E-state index >= 15 is 0 Å². The Labute approximate surface area is 119 Å². The molecule has 108 valence electrons. The molecule has 0 bridgehead atoms. The third-order valence-corrected chi connectivity index (χ3v) is 5.13. The molecule has 2 rings (SSSR count). The molecule has 6 heteroatoms. The fourth-order valence-corrected chi connectivity index (χ4v) is 3.80. The minimum absolute atomic E-state index is 0.139. The number of nitrogens with zero attached hydrogens (tertiary/aromatic N) is 1. The lowest BCUT2D eigenvalue weighted by molar-refractivity contribution is 0.189. The van der Waals surface area contributed by atoms with Gasteiger partial charge in [-0.1, -0.05) is 17.9 Å². The molecule has 0 spiro atoms. The minimum Gasteiger partial charge on any atom is -0.392 e. The van der Waals surface area contributed by atoms with Crippen molar-refractivity contribution in [3.05, 3.63) is 29.3 Å². The fraction of sp³-hybridized carbons (Fsp3) is 0.429. The van der Waals surface area contributed by atoms with E-state index in [2.05, 4.69) is 11.8 Å². The summed E-state index contributed by atoms with van der Waals surface area (Å²) in [6.07, 6.45) is -0.122. The molecule has 1 aliphatic rings. The van der Waals surface area contributed by atoms with Crippen LogP contribution in [-0.4, -0.2) is 43.6 Å². The summed E-state index contributed by atoms with van der Waals surface area (Å²) in [5, 5.41) is 9.51. The third kappa shape index (κ3) is 3.02. The number of aryl methyl sites for hydroxylation is 1. The van der Waals surface area contributed by atoms with Gasteiger partial charge in [0.1, 0.15) is 0 Å². The Hall–Kier alpha value is -1.39. The lowest BCUT2D eigenvalue weighted by Crippen LogP contribution is -2.30. The summed E-state index contributed by atoms with van der Waals surface area (Å²) in [4.78, 5) is 0.179. The molecule has 1 aromatic carbocycles. The van der Waals surface area contributed by atoms with Crippen LogP contribution in [0.1, 0.15) is 17.5 Å². The van der Waals surface area contributed by atoms with Gasteiger partial charge in [-0.25, -0.2) is 8.42 Å². The molecule has 0 radical (unpaired) electrons. The summed E-state index contributed by atoms with van der Waals surface area (Å²) in [6, 6.07) is 5.05. The molecule has 1 atom stereocenters. The van der Waals surface area contributed by atoms with Crippen LogP contribution in [0, 0.1) is 18.8 Å². The zero-order chi connectivity index (χ0) is 14.8. The molecule has 0 aliphatic carbocycles. The Balaban J connectivity index is 2.46. The van der Waals surface area contributed by atoms with E-state index in [-0.39, 0.29) is 18.0 Å². The lowest BCUT2D eigenvalue weighted by Gasteiger charge is -2.17. The topological polar surface area (TPSA) is 83.6 Å². The average molecular weight is 294 g/mol. The highest BCUT2D eigenvalue weighted by molar-refractivity contribution is 7.89. The molecule has 1 aliphatic heterocycles. The molecular weight excluding hydrogens is 276 g/mol. The first-order chi connectivity index (χ1) is 9.45. The van der Waals surface area contributed by atoms with Crippen LogP contribution in [0.15, 0.2) is 23.1 Å². The monoisotopic (exact) mass is 294 g/mol. The van der Waals surface area contributed by atoms with Gasteiger partial charge in [0.25, 0.3) is 0 Å². The van der Waals surface area contributed by atoms with Gasteiger partial charge in [0.15, 0.2) is 0 Å². The van der Waals surface area contributed by atoms with Crippen molar-refractivity contribution in [1.82, 2.24) is 4.31 Å². The quantitative estimate of drug-likeness (QED) is 0.756. The number of aliphatic hydroxyl groups excluding tert-OH is 1. The number of β-amino-alcohol motifs (C(OH)–C–C–N with tert-alkyl or cyclic N) is 1. The molecular formula is C14H18N2O3S. The fourth-order valence-electron chi connectivity index (χ4n) is 2.18. The summed E-state index contributed by atoms with van der Waals surface area (Å²) < 4.78 is 26.5. The summed E-state index contributed by atoms with van der Waals surface area (Å²) in [6.45, 7) is 2.53. The molecule has 0 amide bonds. The van der Waals surface area contributed by atoms with E-state index in [9.17, 15) is 13.5 Å². The highest BCUT2D eigenvalue weighted by Crippen LogP contribution is 2.24. The predicted octanol–water partition coefficient (Wildman–Crippen LogP) is 0.0605. The van der Waals surface area contributed by atoms with E-state index in [0.29, 0.717) is 18.5 Å². The van der Waals surface area contributed by atoms with E-state index in [1.807, 2.05) is 6.92 Å². The summed E-state index contributed by atoms with van der Waals surface area (Å²) >= 11 is 0. The second kappa shape index (κ2) is 5.94. The molecule has 0 aromatic heterocycles. The molecule has 3 N–H and O–H groups in total. The molecule has 5 nitrogen and oxygen atoms in total. The van der Waals surface area contributed by atoms with Crippen molar-refractivity contribution < 1.29 is 13.5 Å². The van der Waals surface area contributed by atoms with E-state index in [4.69, 9.17) is 5.73 Å². The second-order valence-corrected chi connectivity index (χ2v) is 6.72. The van der Waals surface area contributed by atoms with Gasteiger partial charge in [-0.2, -0.15) is 4.31 Å². The third-order valence-electron chi connectivity index (χ3n) is 3.20. The first-order valence-electron chi connectivity index (χ1n) is 6.43. The van der Waals surface area contributed by atoms with Gasteiger partial charge in [-0.3, -0.25) is 0 Å². The van der Waals surface area contributed by atoms with Crippen molar-refractivity contribution >= 4 is 10.0 Å². The van der Waals surface area contributed by atoms with Crippen molar-refractivity contribution in [2.45, 2.75) is 24.3 Å². The minimum atomic E-state index is -3.62. The highest BCUT2D eigenvalue weighted by Gasteiger charge is 2.32. The normalized spacial score (nSPS) is 19.6. The van der Waals surface area contributed by atoms with Crippen LogP contribution in [0.5, 0.6) is 0 Å². The SMILES string of the molecule is Cc1ccc(S(=O)(=O)N2CCC(O)C2)c(C#CCN)c1. The van der Waals surface area contributed by atoms with Crippen LogP contribution in [0.4, 0.5) is 0 Å². The molecule has 0 saturated carbocycles. The zero-order valence-corrected chi connectivity index (χ0v) is 12.2. The Morgan fingerprint density at radius 2 is 2.25 bits per heavy atom. The van der Waals surface area contributed by atoms with E-state index in [1.165, 1.54) is 4.31 Å². The lowest BCUT2D eigenvalue weighted by atomic mass is 10.1. The summed E-state index contributed by atoms with van der Waals surface area (Å²) in [7, 11) is -3.62. The second-order valence-electron chi connectivity index (χ2n) is 4.81. The largest absolute Gasteiger partial charge is 0.392 e. The number of hydrogen-bond donors (Lipinski definition) is 2. The van der Waals surface area contributed by atoms with Gasteiger partial charge in [0, 0.05) is 18.7 Å². The van der Waals surface area contributed by atoms with Crippen LogP contribution in [0.2, 0.25) is 0 Å². The van der Waals surface area contributed by atoms with E-state index in [0.717, 1.165) is 5.56 Å². The molecule has 1 fully saturated rings. The van der Waals surface area contributed by atoms with Crippen LogP contribution in [0.3, 0.4) is 0 Å². The number of benzene rings is 1. The number of sulfonamides is 1. The maximum Gasteiger partial charge on any atom is 0.244 e. The Kier molecular flexibility index (Phi) is 4.45. The van der Waals surface area contributed by atoms with Gasteiger partial charge >= 0.3 is 0 Å². The Morgan fingerprint density at radius 1 is 1.50 bits per heavy atom. The average Bonchev–Trinajstić information content (AvgIpc) is 2.83. The van der Waals surface area contributed by atoms with Crippen molar-refractivity contribution in [2.24, 2.45) is 5.73 Å².